The van der Waals surface area contributed by atoms with E-state index in [0.717, 1.165) is 17.1 Å². The van der Waals surface area contributed by atoms with Gasteiger partial charge < -0.3 is 18.9 Å². The van der Waals surface area contributed by atoms with Gasteiger partial charge in [-0.25, -0.2) is 13.6 Å². The van der Waals surface area contributed by atoms with Crippen molar-refractivity contribution >= 4 is 39.2 Å². The Morgan fingerprint density at radius 2 is 1.90 bits per heavy atom. The molecule has 2 atom stereocenters. The molecular formula is C26H29ClF2N4O5S2. The Labute approximate surface area is 240 Å². The summed E-state index contributed by atoms with van der Waals surface area (Å²) in [5.74, 6) is -3.10. The third kappa shape index (κ3) is 7.18. The fraction of sp³-hybridized carbons (Fsp3) is 0.423. The van der Waals surface area contributed by atoms with Crippen molar-refractivity contribution in [3.8, 4) is 5.75 Å². The maximum absolute atomic E-state index is 15.0. The molecule has 2 heterocycles. The van der Waals surface area contributed by atoms with E-state index in [1.54, 1.807) is 37.8 Å². The number of sulfonamides is 1. The van der Waals surface area contributed by atoms with E-state index < -0.39 is 44.0 Å². The van der Waals surface area contributed by atoms with Gasteiger partial charge in [0, 0.05) is 54.7 Å². The molecule has 0 saturated carbocycles. The van der Waals surface area contributed by atoms with E-state index in [1.165, 1.54) is 17.9 Å². The molecule has 9 nitrogen and oxygen atoms in total. The second-order valence-electron chi connectivity index (χ2n) is 10.4. The zero-order valence-electron chi connectivity index (χ0n) is 22.3. The van der Waals surface area contributed by atoms with E-state index in [4.69, 9.17) is 21.1 Å². The molecule has 1 amide bonds. The number of amides is 1. The molecule has 1 aromatic heterocycles. The van der Waals surface area contributed by atoms with E-state index in [2.05, 4.69) is 8.77 Å². The van der Waals surface area contributed by atoms with Crippen molar-refractivity contribution in [2.75, 3.05) is 19.7 Å². The van der Waals surface area contributed by atoms with E-state index in [0.29, 0.717) is 30.1 Å². The maximum atomic E-state index is 15.0. The average Bonchev–Trinajstić information content (AvgIpc) is 3.27. The summed E-state index contributed by atoms with van der Waals surface area (Å²) in [4.78, 5) is 13.4. The maximum Gasteiger partial charge on any atom is 0.410 e. The Bertz CT molecular complexity index is 1550. The topological polar surface area (TPSA) is 103 Å². The lowest BCUT2D eigenvalue weighted by atomic mass is 9.81. The Balaban J connectivity index is 1.57. The Hall–Kier alpha value is -3.03. The Morgan fingerprint density at radius 1 is 1.20 bits per heavy atom. The van der Waals surface area contributed by atoms with Crippen molar-refractivity contribution in [3.63, 3.8) is 0 Å². The largest absolute Gasteiger partial charge is 0.490 e. The summed E-state index contributed by atoms with van der Waals surface area (Å²) in [5.41, 5.74) is 0.287. The fourth-order valence-electron chi connectivity index (χ4n) is 4.35. The number of benzene rings is 2. The normalized spacial score (nSPS) is 18.6. The summed E-state index contributed by atoms with van der Waals surface area (Å²) in [5, 5.41) is 0.575. The first-order valence-corrected chi connectivity index (χ1v) is 15.0. The lowest BCUT2D eigenvalue weighted by molar-refractivity contribution is 0.0110. The number of halogens is 3. The van der Waals surface area contributed by atoms with E-state index >= 15 is 4.39 Å². The molecule has 3 aromatic rings. The fourth-order valence-corrected chi connectivity index (χ4v) is 6.35. The summed E-state index contributed by atoms with van der Waals surface area (Å²) < 4.78 is 75.2. The minimum absolute atomic E-state index is 0.000200. The van der Waals surface area contributed by atoms with Crippen LogP contribution in [0.5, 0.6) is 5.75 Å². The number of aryl methyl sites for hydroxylation is 1. The highest BCUT2D eigenvalue weighted by Crippen LogP contribution is 2.35. The van der Waals surface area contributed by atoms with Crippen molar-refractivity contribution in [3.05, 3.63) is 69.7 Å². The van der Waals surface area contributed by atoms with Gasteiger partial charge in [0.25, 0.3) is 10.0 Å². The molecule has 216 valence electrons. The molecule has 1 aliphatic rings. The van der Waals surface area contributed by atoms with E-state index in [9.17, 15) is 17.6 Å². The number of nitrogens with zero attached hydrogens (tertiary/aromatic N) is 4. The molecule has 1 fully saturated rings. The lowest BCUT2D eigenvalue weighted by Crippen LogP contribution is -2.46. The van der Waals surface area contributed by atoms with Gasteiger partial charge in [-0.3, -0.25) is 0 Å². The van der Waals surface area contributed by atoms with E-state index in [1.807, 2.05) is 12.1 Å². The molecule has 0 bridgehead atoms. The van der Waals surface area contributed by atoms with Crippen LogP contribution in [0.25, 0.3) is 0 Å². The number of ether oxygens (including phenoxy) is 2. The van der Waals surface area contributed by atoms with Crippen LogP contribution in [0.3, 0.4) is 0 Å². The first-order valence-electron chi connectivity index (χ1n) is 12.4. The van der Waals surface area contributed by atoms with Gasteiger partial charge in [-0.05, 0) is 50.8 Å². The second-order valence-corrected chi connectivity index (χ2v) is 13.2. The van der Waals surface area contributed by atoms with Crippen LogP contribution in [0.15, 0.2) is 52.0 Å². The van der Waals surface area contributed by atoms with Crippen LogP contribution in [-0.4, -0.2) is 53.6 Å². The number of carbonyl (C=O) groups excluding carboxylic acids is 1. The first kappa shape index (κ1) is 29.9. The number of hydrogen-bond donors (Lipinski definition) is 0. The molecule has 1 aliphatic heterocycles. The number of likely N-dealkylation sites (tertiary alicyclic amines) is 1. The molecule has 4 rings (SSSR count). The number of hydrogen-bond acceptors (Lipinski definition) is 7. The van der Waals surface area contributed by atoms with Crippen LogP contribution < -0.4 is 9.54 Å². The van der Waals surface area contributed by atoms with Crippen molar-refractivity contribution in [1.29, 1.82) is 0 Å². The molecule has 0 aliphatic carbocycles. The molecule has 0 spiro atoms. The van der Waals surface area contributed by atoms with Crippen LogP contribution in [0.1, 0.15) is 38.7 Å². The van der Waals surface area contributed by atoms with Crippen LogP contribution >= 0.6 is 23.1 Å². The molecule has 0 N–H and O–H groups in total. The van der Waals surface area contributed by atoms with Crippen LogP contribution in [0, 0.1) is 17.6 Å². The highest BCUT2D eigenvalue weighted by Gasteiger charge is 2.35. The zero-order chi connectivity index (χ0) is 29.2. The van der Waals surface area contributed by atoms with E-state index in [-0.39, 0.29) is 29.8 Å². The highest BCUT2D eigenvalue weighted by atomic mass is 35.5. The molecule has 2 aromatic carbocycles. The van der Waals surface area contributed by atoms with Gasteiger partial charge >= 0.3 is 6.09 Å². The summed E-state index contributed by atoms with van der Waals surface area (Å²) in [6, 6.07) is 8.54. The molecule has 0 radical (unpaired) electrons. The number of aromatic nitrogens is 2. The summed E-state index contributed by atoms with van der Waals surface area (Å²) in [7, 11) is -3.03. The van der Waals surface area contributed by atoms with Crippen molar-refractivity contribution < 1.29 is 31.5 Å². The summed E-state index contributed by atoms with van der Waals surface area (Å²) >= 11 is 6.85. The SMILES string of the molecule is Cn1cnsc1=NS(=O)(=O)c1cc(F)c(OC[C@H]2CN(C(=O)OC(C)(C)C)CC[C@@H]2c2ccc(Cl)cc2)cc1F. The third-order valence-corrected chi connectivity index (χ3v) is 8.65. The quantitative estimate of drug-likeness (QED) is 0.382. The first-order chi connectivity index (χ1) is 18.7. The summed E-state index contributed by atoms with van der Waals surface area (Å²) in [6.07, 6.45) is 1.45. The van der Waals surface area contributed by atoms with Gasteiger partial charge in [0.2, 0.25) is 4.80 Å². The lowest BCUT2D eigenvalue weighted by Gasteiger charge is -2.39. The van der Waals surface area contributed by atoms with Crippen molar-refractivity contribution in [2.45, 2.75) is 43.6 Å². The minimum atomic E-state index is -4.56. The second kappa shape index (κ2) is 11.8. The Kier molecular flexibility index (Phi) is 8.86. The Morgan fingerprint density at radius 3 is 2.52 bits per heavy atom. The van der Waals surface area contributed by atoms with Crippen molar-refractivity contribution in [2.24, 2.45) is 17.4 Å². The average molecular weight is 615 g/mol. The number of carbonyl (C=O) groups is 1. The van der Waals surface area contributed by atoms with Crippen LogP contribution in [-0.2, 0) is 21.8 Å². The van der Waals surface area contributed by atoms with Crippen LogP contribution in [0.2, 0.25) is 5.02 Å². The van der Waals surface area contributed by atoms with Gasteiger partial charge in [0.15, 0.2) is 11.6 Å². The van der Waals surface area contributed by atoms with Gasteiger partial charge in [-0.15, -0.1) is 4.40 Å². The minimum Gasteiger partial charge on any atom is -0.490 e. The molecule has 14 heteroatoms. The molecule has 1 saturated heterocycles. The number of piperidine rings is 1. The van der Waals surface area contributed by atoms with Gasteiger partial charge in [0.05, 0.1) is 6.61 Å². The molecule has 40 heavy (non-hydrogen) atoms. The van der Waals surface area contributed by atoms with Gasteiger partial charge in [-0.2, -0.15) is 12.8 Å². The van der Waals surface area contributed by atoms with Crippen molar-refractivity contribution in [1.82, 2.24) is 13.8 Å². The van der Waals surface area contributed by atoms with Gasteiger partial charge in [0.1, 0.15) is 22.6 Å². The smallest absolute Gasteiger partial charge is 0.410 e. The molecule has 0 unspecified atom stereocenters. The number of rotatable bonds is 6. The highest BCUT2D eigenvalue weighted by molar-refractivity contribution is 7.90. The van der Waals surface area contributed by atoms with Gasteiger partial charge in [-0.1, -0.05) is 23.7 Å². The predicted octanol–water partition coefficient (Wildman–Crippen LogP) is 5.12. The zero-order valence-corrected chi connectivity index (χ0v) is 24.7. The predicted molar refractivity (Wildman–Crippen MR) is 146 cm³/mol. The monoisotopic (exact) mass is 614 g/mol. The standard InChI is InChI=1S/C26H29ClF2N4O5S2/c1-26(2,3)38-25(34)33-10-9-19(16-5-7-18(27)8-6-16)17(13-33)14-37-22-11-21(29)23(12-20(22)28)40(35,36)31-24-32(4)15-30-39-24/h5-8,11-12,15,17,19H,9-10,13-14H2,1-4H3/t17-,19-/m1/s1. The summed E-state index contributed by atoms with van der Waals surface area (Å²) in [6.45, 7) is 5.95. The molecular weight excluding hydrogens is 586 g/mol. The third-order valence-electron chi connectivity index (χ3n) is 6.26. The van der Waals surface area contributed by atoms with Crippen LogP contribution in [0.4, 0.5) is 13.6 Å².